The van der Waals surface area contributed by atoms with Gasteiger partial charge in [-0.2, -0.15) is 0 Å². The molecule has 0 spiro atoms. The van der Waals surface area contributed by atoms with E-state index in [1.54, 1.807) is 22.2 Å². The molecule has 0 aliphatic rings. The molecule has 0 aliphatic carbocycles. The fraction of sp³-hybridized carbons (Fsp3) is 0.0588. The van der Waals surface area contributed by atoms with E-state index in [1.165, 1.54) is 11.3 Å². The highest BCUT2D eigenvalue weighted by Gasteiger charge is 2.14. The zero-order valence-corrected chi connectivity index (χ0v) is 14.6. The fourth-order valence-electron chi connectivity index (χ4n) is 2.28. The maximum atomic E-state index is 12.3. The number of hydrogen-bond acceptors (Lipinski definition) is 6. The number of thiophene rings is 1. The van der Waals surface area contributed by atoms with Crippen LogP contribution in [-0.2, 0) is 6.54 Å². The Hall–Kier alpha value is -2.84. The van der Waals surface area contributed by atoms with Gasteiger partial charge in [0, 0.05) is 5.38 Å². The number of amides is 1. The van der Waals surface area contributed by atoms with Crippen molar-refractivity contribution in [1.82, 2.24) is 20.0 Å². The van der Waals surface area contributed by atoms with Gasteiger partial charge in [-0.25, -0.2) is 9.67 Å². The quantitative estimate of drug-likeness (QED) is 0.583. The molecule has 124 valence electrons. The van der Waals surface area contributed by atoms with Gasteiger partial charge in [-0.3, -0.25) is 10.1 Å². The number of nitrogens with zero attached hydrogens (tertiary/aromatic N) is 4. The molecule has 3 heterocycles. The van der Waals surface area contributed by atoms with Crippen LogP contribution in [0.15, 0.2) is 59.4 Å². The van der Waals surface area contributed by atoms with Gasteiger partial charge in [0.05, 0.1) is 23.3 Å². The first kappa shape index (κ1) is 15.7. The van der Waals surface area contributed by atoms with Crippen LogP contribution in [0.5, 0.6) is 0 Å². The van der Waals surface area contributed by atoms with E-state index in [0.717, 1.165) is 16.1 Å². The smallest absolute Gasteiger partial charge is 0.279 e. The standard InChI is InChI=1S/C17H13N5OS2/c23-16(19-17-18-14(11-25-17)15-7-4-8-24-15)13-10-22(21-20-13)9-12-5-2-1-3-6-12/h1-8,10-11H,9H2,(H,18,19,23). The molecule has 0 aliphatic heterocycles. The number of thiazole rings is 1. The van der Waals surface area contributed by atoms with Crippen LogP contribution in [0.1, 0.15) is 16.1 Å². The van der Waals surface area contributed by atoms with Crippen molar-refractivity contribution in [1.29, 1.82) is 0 Å². The van der Waals surface area contributed by atoms with Crippen molar-refractivity contribution in [2.75, 3.05) is 5.32 Å². The highest BCUT2D eigenvalue weighted by molar-refractivity contribution is 7.16. The number of carbonyl (C=O) groups is 1. The van der Waals surface area contributed by atoms with Crippen LogP contribution in [0.2, 0.25) is 0 Å². The minimum atomic E-state index is -0.314. The molecule has 0 unspecified atom stereocenters. The third-order valence-corrected chi connectivity index (χ3v) is 5.11. The van der Waals surface area contributed by atoms with Gasteiger partial charge in [-0.15, -0.1) is 27.8 Å². The first-order valence-corrected chi connectivity index (χ1v) is 9.29. The summed E-state index contributed by atoms with van der Waals surface area (Å²) in [5, 5.41) is 15.2. The highest BCUT2D eigenvalue weighted by atomic mass is 32.1. The van der Waals surface area contributed by atoms with Crippen molar-refractivity contribution in [3.63, 3.8) is 0 Å². The largest absolute Gasteiger partial charge is 0.296 e. The second-order valence-corrected chi connectivity index (χ2v) is 7.06. The summed E-state index contributed by atoms with van der Waals surface area (Å²) in [7, 11) is 0. The van der Waals surface area contributed by atoms with Gasteiger partial charge in [0.15, 0.2) is 10.8 Å². The molecule has 4 aromatic rings. The summed E-state index contributed by atoms with van der Waals surface area (Å²) >= 11 is 3.00. The minimum Gasteiger partial charge on any atom is -0.296 e. The van der Waals surface area contributed by atoms with Gasteiger partial charge < -0.3 is 0 Å². The lowest BCUT2D eigenvalue weighted by atomic mass is 10.2. The highest BCUT2D eigenvalue weighted by Crippen LogP contribution is 2.28. The zero-order chi connectivity index (χ0) is 17.1. The molecule has 3 aromatic heterocycles. The Kier molecular flexibility index (Phi) is 4.36. The van der Waals surface area contributed by atoms with E-state index in [9.17, 15) is 4.79 Å². The maximum Gasteiger partial charge on any atom is 0.279 e. The molecule has 8 heteroatoms. The number of hydrogen-bond donors (Lipinski definition) is 1. The second kappa shape index (κ2) is 6.96. The van der Waals surface area contributed by atoms with E-state index in [-0.39, 0.29) is 11.6 Å². The Morgan fingerprint density at radius 1 is 1.12 bits per heavy atom. The molecule has 6 nitrogen and oxygen atoms in total. The van der Waals surface area contributed by atoms with Crippen LogP contribution in [-0.4, -0.2) is 25.9 Å². The van der Waals surface area contributed by atoms with E-state index in [1.807, 2.05) is 53.2 Å². The predicted molar refractivity (Wildman–Crippen MR) is 98.9 cm³/mol. The number of aromatic nitrogens is 4. The Bertz CT molecular complexity index is 976. The molecule has 4 rings (SSSR count). The van der Waals surface area contributed by atoms with E-state index < -0.39 is 0 Å². The van der Waals surface area contributed by atoms with Crippen LogP contribution in [0.25, 0.3) is 10.6 Å². The van der Waals surface area contributed by atoms with Gasteiger partial charge in [0.2, 0.25) is 0 Å². The lowest BCUT2D eigenvalue weighted by Crippen LogP contribution is -2.12. The Balaban J connectivity index is 1.43. The fourth-order valence-corrected chi connectivity index (χ4v) is 3.75. The molecule has 0 fully saturated rings. The average Bonchev–Trinajstić information content (AvgIpc) is 3.37. The van der Waals surface area contributed by atoms with Crippen LogP contribution < -0.4 is 5.32 Å². The minimum absolute atomic E-state index is 0.267. The number of nitrogens with one attached hydrogen (secondary N) is 1. The van der Waals surface area contributed by atoms with Gasteiger partial charge in [-0.1, -0.05) is 41.6 Å². The normalized spacial score (nSPS) is 10.7. The Morgan fingerprint density at radius 3 is 2.80 bits per heavy atom. The van der Waals surface area contributed by atoms with Crippen molar-refractivity contribution in [2.24, 2.45) is 0 Å². The number of rotatable bonds is 5. The zero-order valence-electron chi connectivity index (χ0n) is 13.0. The van der Waals surface area contributed by atoms with E-state index in [2.05, 4.69) is 20.6 Å². The van der Waals surface area contributed by atoms with Gasteiger partial charge in [0.25, 0.3) is 5.91 Å². The van der Waals surface area contributed by atoms with Crippen molar-refractivity contribution >= 4 is 33.7 Å². The summed E-state index contributed by atoms with van der Waals surface area (Å²) in [6.45, 7) is 0.570. The molecular weight excluding hydrogens is 354 g/mol. The molecule has 0 saturated carbocycles. The summed E-state index contributed by atoms with van der Waals surface area (Å²) in [5.41, 5.74) is 2.23. The lowest BCUT2D eigenvalue weighted by molar-refractivity contribution is 0.102. The van der Waals surface area contributed by atoms with Gasteiger partial charge >= 0.3 is 0 Å². The average molecular weight is 367 g/mol. The van der Waals surface area contributed by atoms with E-state index in [0.29, 0.717) is 11.7 Å². The van der Waals surface area contributed by atoms with Crippen LogP contribution in [0.4, 0.5) is 5.13 Å². The van der Waals surface area contributed by atoms with Crippen LogP contribution >= 0.6 is 22.7 Å². The lowest BCUT2D eigenvalue weighted by Gasteiger charge is -1.99. The summed E-state index contributed by atoms with van der Waals surface area (Å²) in [6.07, 6.45) is 1.64. The maximum absolute atomic E-state index is 12.3. The number of anilines is 1. The molecule has 0 bridgehead atoms. The van der Waals surface area contributed by atoms with Gasteiger partial charge in [0.1, 0.15) is 0 Å². The molecule has 0 atom stereocenters. The van der Waals surface area contributed by atoms with Crippen molar-refractivity contribution < 1.29 is 4.79 Å². The molecule has 1 aromatic carbocycles. The SMILES string of the molecule is O=C(Nc1nc(-c2cccs2)cs1)c1cn(Cc2ccccc2)nn1. The van der Waals surface area contributed by atoms with Crippen molar-refractivity contribution in [3.8, 4) is 10.6 Å². The predicted octanol–water partition coefficient (Wildman–Crippen LogP) is 3.76. The molecule has 25 heavy (non-hydrogen) atoms. The third kappa shape index (κ3) is 3.65. The number of benzene rings is 1. The van der Waals surface area contributed by atoms with Crippen molar-refractivity contribution in [3.05, 3.63) is 70.7 Å². The molecular formula is C17H13N5OS2. The van der Waals surface area contributed by atoms with Crippen molar-refractivity contribution in [2.45, 2.75) is 6.54 Å². The monoisotopic (exact) mass is 367 g/mol. The topological polar surface area (TPSA) is 72.7 Å². The number of carbonyl (C=O) groups excluding carboxylic acids is 1. The summed E-state index contributed by atoms with van der Waals surface area (Å²) in [4.78, 5) is 17.8. The Morgan fingerprint density at radius 2 is 2.00 bits per heavy atom. The first-order chi connectivity index (χ1) is 12.3. The first-order valence-electron chi connectivity index (χ1n) is 7.53. The Labute approximate surface area is 151 Å². The molecule has 0 radical (unpaired) electrons. The van der Waals surface area contributed by atoms with Gasteiger partial charge in [-0.05, 0) is 17.0 Å². The molecule has 0 saturated heterocycles. The second-order valence-electron chi connectivity index (χ2n) is 5.26. The molecule has 1 amide bonds. The summed E-state index contributed by atoms with van der Waals surface area (Å²) in [6, 6.07) is 13.9. The van der Waals surface area contributed by atoms with E-state index >= 15 is 0 Å². The third-order valence-electron chi connectivity index (χ3n) is 3.46. The van der Waals surface area contributed by atoms with E-state index in [4.69, 9.17) is 0 Å². The molecule has 1 N–H and O–H groups in total. The summed E-state index contributed by atoms with van der Waals surface area (Å²) in [5.74, 6) is -0.314. The summed E-state index contributed by atoms with van der Waals surface area (Å²) < 4.78 is 1.64. The van der Waals surface area contributed by atoms with Crippen LogP contribution in [0, 0.1) is 0 Å². The van der Waals surface area contributed by atoms with Crippen LogP contribution in [0.3, 0.4) is 0 Å².